The zero-order chi connectivity index (χ0) is 52.5. The van der Waals surface area contributed by atoms with Gasteiger partial charge >= 0.3 is 28.3 Å². The molecule has 4 aliphatic rings. The first-order valence-corrected chi connectivity index (χ1v) is 27.7. The minimum atomic E-state index is -4.67. The zero-order valence-electron chi connectivity index (χ0n) is 40.0. The number of hydrogen-bond donors (Lipinski definition) is 4. The highest BCUT2D eigenvalue weighted by Crippen LogP contribution is 2.29. The molecule has 0 saturated carbocycles. The number of ether oxygens (including phenoxy) is 4. The van der Waals surface area contributed by atoms with Crippen molar-refractivity contribution in [3.8, 4) is 0 Å². The second-order valence-corrected chi connectivity index (χ2v) is 19.6. The van der Waals surface area contributed by atoms with Gasteiger partial charge in [-0.05, 0) is 81.0 Å². The molecule has 1 unspecified atom stereocenters. The molecule has 19 nitrogen and oxygen atoms in total. The molecule has 72 heavy (non-hydrogen) atoms. The molecule has 0 aliphatic carbocycles. The summed E-state index contributed by atoms with van der Waals surface area (Å²) >= 11 is 5.39. The quantitative estimate of drug-likeness (QED) is 0.0307. The molecule has 2 fully saturated rings. The van der Waals surface area contributed by atoms with Gasteiger partial charge in [-0.1, -0.05) is 42.5 Å². The number of rotatable bonds is 10. The van der Waals surface area contributed by atoms with Crippen molar-refractivity contribution >= 4 is 104 Å². The number of carbonyl (C=O) groups excluding carboxylic acids is 6. The number of amides is 1. The molecule has 8 rings (SSSR count). The summed E-state index contributed by atoms with van der Waals surface area (Å²) in [7, 11) is -4.67. The van der Waals surface area contributed by atoms with E-state index in [1.165, 1.54) is 24.0 Å². The SMILES string of the molecule is C1=C(N2CCOCC2)CCSC1.CCOC(=O)c1cccc2c3c(c(=O)[nH]c12)CSCC3.CCOC(=O)c1ccccc1N=C=O.CCOC(=O)c1ccccc1NC(=O)C1CSCCC1=O.O=S(=O)(O)O. The van der Waals surface area contributed by atoms with Crippen LogP contribution in [0.15, 0.2) is 88.3 Å². The molecule has 1 aromatic heterocycles. The molecule has 1 atom stereocenters. The predicted octanol–water partition coefficient (Wildman–Crippen LogP) is 7.14. The first kappa shape index (κ1) is 58.8. The minimum Gasteiger partial charge on any atom is -0.462 e. The lowest BCUT2D eigenvalue weighted by Crippen LogP contribution is -2.36. The smallest absolute Gasteiger partial charge is 0.394 e. The number of aromatic nitrogens is 1. The highest BCUT2D eigenvalue weighted by molar-refractivity contribution is 7.99. The van der Waals surface area contributed by atoms with E-state index < -0.39 is 28.3 Å². The Morgan fingerprint density at radius 1 is 0.778 bits per heavy atom. The molecular formula is C49H58N4O15S4. The number of H-pyrrole nitrogens is 1. The summed E-state index contributed by atoms with van der Waals surface area (Å²) in [5, 5.41) is 3.64. The highest BCUT2D eigenvalue weighted by atomic mass is 32.3. The van der Waals surface area contributed by atoms with Gasteiger partial charge in [0, 0.05) is 59.2 Å². The molecule has 23 heteroatoms. The first-order valence-electron chi connectivity index (χ1n) is 22.8. The van der Waals surface area contributed by atoms with Crippen LogP contribution in [0, 0.1) is 5.92 Å². The van der Waals surface area contributed by atoms with Gasteiger partial charge in [0.15, 0.2) is 0 Å². The van der Waals surface area contributed by atoms with Gasteiger partial charge in [0.05, 0.1) is 66.6 Å². The van der Waals surface area contributed by atoms with E-state index in [2.05, 4.69) is 26.3 Å². The Kier molecular flexibility index (Phi) is 25.3. The number of hydrogen-bond acceptors (Lipinski definition) is 18. The van der Waals surface area contributed by atoms with Crippen molar-refractivity contribution in [2.45, 2.75) is 45.8 Å². The molecule has 1 amide bonds. The number of aromatic amines is 1. The van der Waals surface area contributed by atoms with Crippen LogP contribution in [0.4, 0.5) is 11.4 Å². The standard InChI is InChI=1S/C15H17NO4S.C15H15NO3S.C10H9NO3.C9H15NOS.H2O4S/c1-2-20-15(19)10-5-3-4-6-12(10)16-14(18)11-9-21-8-7-13(11)17;1-2-19-15(18)11-5-3-4-10-9-6-7-20-8-12(9)14(17)16-13(10)11;1-2-14-10(13)8-5-3-4-6-9(8)11-7-12;1-7-12-8-2-9(1)10-3-5-11-6-4-10;1-5(2,3)4/h3-6,11H,2,7-9H2,1H3,(H,16,18);3-5H,2,6-8H2,1H3,(H,16,17);3-6H,2H2,1H3;1H,2-8H2;(H2,1,2,3,4). The number of aryl methyl sites for hydroxylation is 1. The van der Waals surface area contributed by atoms with Gasteiger partial charge in [-0.25, -0.2) is 19.2 Å². The van der Waals surface area contributed by atoms with Crippen molar-refractivity contribution in [2.75, 3.05) is 80.2 Å². The number of allylic oxidation sites excluding steroid dienone is 1. The summed E-state index contributed by atoms with van der Waals surface area (Å²) in [4.78, 5) is 90.1. The average molecular weight is 1070 g/mol. The normalized spacial score (nSPS) is 16.0. The van der Waals surface area contributed by atoms with E-state index in [9.17, 15) is 33.6 Å². The molecule has 2 saturated heterocycles. The summed E-state index contributed by atoms with van der Waals surface area (Å²) in [6.07, 6.45) is 6.30. The Labute approximate surface area is 430 Å². The van der Waals surface area contributed by atoms with E-state index in [0.29, 0.717) is 41.1 Å². The van der Waals surface area contributed by atoms with Gasteiger partial charge in [-0.3, -0.25) is 23.5 Å². The average Bonchev–Trinajstić information content (AvgIpc) is 3.38. The molecule has 4 aliphatic heterocycles. The van der Waals surface area contributed by atoms with Gasteiger partial charge in [0.2, 0.25) is 12.0 Å². The van der Waals surface area contributed by atoms with Crippen LogP contribution in [-0.2, 0) is 55.9 Å². The molecule has 5 heterocycles. The number of aliphatic imine (C=N–C) groups is 1. The van der Waals surface area contributed by atoms with Crippen molar-refractivity contribution < 1.29 is 65.2 Å². The number of pyridine rings is 1. The van der Waals surface area contributed by atoms with Crippen LogP contribution >= 0.6 is 35.3 Å². The van der Waals surface area contributed by atoms with Crippen LogP contribution in [0.2, 0.25) is 0 Å². The molecular weight excluding hydrogens is 1010 g/mol. The lowest BCUT2D eigenvalue weighted by atomic mass is 9.99. The van der Waals surface area contributed by atoms with E-state index in [1.807, 2.05) is 23.9 Å². The van der Waals surface area contributed by atoms with Crippen molar-refractivity contribution in [2.24, 2.45) is 10.9 Å². The molecule has 388 valence electrons. The number of Topliss-reactive ketones (excluding diaryl/α,β-unsaturated/α-hetero) is 1. The fourth-order valence-electron chi connectivity index (χ4n) is 7.31. The lowest BCUT2D eigenvalue weighted by molar-refractivity contribution is -0.130. The van der Waals surface area contributed by atoms with Gasteiger partial charge in [0.1, 0.15) is 11.7 Å². The number of anilines is 1. The molecule has 0 bridgehead atoms. The van der Waals surface area contributed by atoms with Crippen molar-refractivity contribution in [3.05, 3.63) is 117 Å². The summed E-state index contributed by atoms with van der Waals surface area (Å²) in [5.41, 5.74) is 5.65. The van der Waals surface area contributed by atoms with Crippen LogP contribution < -0.4 is 10.9 Å². The van der Waals surface area contributed by atoms with Crippen molar-refractivity contribution in [1.82, 2.24) is 9.88 Å². The Bertz CT molecular complexity index is 2750. The van der Waals surface area contributed by atoms with Gasteiger partial charge in [-0.2, -0.15) is 48.7 Å². The lowest BCUT2D eigenvalue weighted by Gasteiger charge is -2.32. The Morgan fingerprint density at radius 3 is 1.99 bits per heavy atom. The van der Waals surface area contributed by atoms with E-state index in [-0.39, 0.29) is 47.7 Å². The molecule has 4 aromatic rings. The summed E-state index contributed by atoms with van der Waals surface area (Å²) in [5.74, 6) is 3.10. The third kappa shape index (κ3) is 19.0. The van der Waals surface area contributed by atoms with E-state index >= 15 is 0 Å². The van der Waals surface area contributed by atoms with Gasteiger partial charge in [-0.15, -0.1) is 0 Å². The van der Waals surface area contributed by atoms with Crippen LogP contribution in [0.25, 0.3) is 10.9 Å². The largest absolute Gasteiger partial charge is 0.462 e. The molecule has 0 radical (unpaired) electrons. The monoisotopic (exact) mass is 1070 g/mol. The topological polar surface area (TPSA) is 274 Å². The highest BCUT2D eigenvalue weighted by Gasteiger charge is 2.30. The Balaban J connectivity index is 0.000000206. The zero-order valence-corrected chi connectivity index (χ0v) is 43.3. The number of ketones is 1. The summed E-state index contributed by atoms with van der Waals surface area (Å²) in [6.45, 7) is 10.1. The third-order valence-corrected chi connectivity index (χ3v) is 13.5. The maximum absolute atomic E-state index is 12.2. The van der Waals surface area contributed by atoms with E-state index in [0.717, 1.165) is 66.5 Å². The number of benzene rings is 3. The maximum Gasteiger partial charge on any atom is 0.394 e. The summed E-state index contributed by atoms with van der Waals surface area (Å²) < 4.78 is 51.7. The van der Waals surface area contributed by atoms with Crippen LogP contribution in [0.5, 0.6) is 0 Å². The van der Waals surface area contributed by atoms with Crippen molar-refractivity contribution in [3.63, 3.8) is 0 Å². The minimum absolute atomic E-state index is 0.0418. The van der Waals surface area contributed by atoms with E-state index in [1.54, 1.807) is 105 Å². The number of esters is 3. The van der Waals surface area contributed by atoms with Crippen LogP contribution in [0.1, 0.15) is 75.8 Å². The van der Waals surface area contributed by atoms with Crippen LogP contribution in [0.3, 0.4) is 0 Å². The van der Waals surface area contributed by atoms with E-state index in [4.69, 9.17) is 36.5 Å². The fraction of sp³-hybridized carbons (Fsp3) is 0.408. The number of carbonyl (C=O) groups is 5. The fourth-order valence-corrected chi connectivity index (χ4v) is 10.2. The number of morpholine rings is 1. The summed E-state index contributed by atoms with van der Waals surface area (Å²) in [6, 6.07) is 18.6. The second-order valence-electron chi connectivity index (χ2n) is 15.3. The number of para-hydroxylation sites is 3. The predicted molar refractivity (Wildman–Crippen MR) is 279 cm³/mol. The maximum atomic E-state index is 12.2. The number of nitrogens with zero attached hydrogens (tertiary/aromatic N) is 2. The van der Waals surface area contributed by atoms with Gasteiger partial charge in [0.25, 0.3) is 5.56 Å². The molecule has 0 spiro atoms. The number of isocyanates is 1. The molecule has 3 aromatic carbocycles. The number of nitrogens with one attached hydrogen (secondary N) is 2. The van der Waals surface area contributed by atoms with Crippen LogP contribution in [-0.4, -0.2) is 138 Å². The Morgan fingerprint density at radius 2 is 1.36 bits per heavy atom. The number of fused-ring (bicyclic) bond motifs is 3. The van der Waals surface area contributed by atoms with Gasteiger partial charge < -0.3 is 34.1 Å². The first-order chi connectivity index (χ1) is 34.6. The molecule has 4 N–H and O–H groups in total. The third-order valence-electron chi connectivity index (χ3n) is 10.6. The Hall–Kier alpha value is -5.78. The second kappa shape index (κ2) is 31.0. The number of thioether (sulfide) groups is 3. The van der Waals surface area contributed by atoms with Crippen molar-refractivity contribution in [1.29, 1.82) is 0 Å².